The highest BCUT2D eigenvalue weighted by Crippen LogP contribution is 2.49. The SMILES string of the molecule is Cc1cc(Br)c(F)cc1N1C(=O)C2CC2C1=O. The zero-order chi connectivity index (χ0) is 12.3. The van der Waals surface area contributed by atoms with Crippen molar-refractivity contribution >= 4 is 33.4 Å². The number of halogens is 2. The van der Waals surface area contributed by atoms with Gasteiger partial charge in [-0.1, -0.05) is 0 Å². The Morgan fingerprint density at radius 1 is 1.29 bits per heavy atom. The first-order valence-electron chi connectivity index (χ1n) is 5.34. The number of nitrogens with zero attached hydrogens (tertiary/aromatic N) is 1. The number of hydrogen-bond donors (Lipinski definition) is 0. The third kappa shape index (κ3) is 1.45. The molecule has 0 bridgehead atoms. The molecule has 1 aliphatic carbocycles. The van der Waals surface area contributed by atoms with Crippen molar-refractivity contribution in [1.82, 2.24) is 0 Å². The second-order valence-electron chi connectivity index (χ2n) is 4.51. The Morgan fingerprint density at radius 3 is 2.47 bits per heavy atom. The minimum atomic E-state index is -0.466. The highest BCUT2D eigenvalue weighted by Gasteiger charge is 2.59. The largest absolute Gasteiger partial charge is 0.274 e. The van der Waals surface area contributed by atoms with Gasteiger partial charge in [-0.25, -0.2) is 9.29 Å². The molecular formula is C12H9BrFNO2. The molecule has 2 amide bonds. The van der Waals surface area contributed by atoms with E-state index in [4.69, 9.17) is 0 Å². The van der Waals surface area contributed by atoms with Gasteiger partial charge in [0.05, 0.1) is 22.0 Å². The van der Waals surface area contributed by atoms with Crippen LogP contribution in [0.15, 0.2) is 16.6 Å². The van der Waals surface area contributed by atoms with Crippen LogP contribution in [0.5, 0.6) is 0 Å². The van der Waals surface area contributed by atoms with Crippen LogP contribution >= 0.6 is 15.9 Å². The lowest BCUT2D eigenvalue weighted by Crippen LogP contribution is -2.33. The van der Waals surface area contributed by atoms with Gasteiger partial charge < -0.3 is 0 Å². The molecule has 1 aliphatic heterocycles. The van der Waals surface area contributed by atoms with E-state index in [-0.39, 0.29) is 23.7 Å². The lowest BCUT2D eigenvalue weighted by molar-refractivity contribution is -0.123. The Kier molecular flexibility index (Phi) is 2.17. The van der Waals surface area contributed by atoms with Crippen molar-refractivity contribution in [3.8, 4) is 0 Å². The summed E-state index contributed by atoms with van der Waals surface area (Å²) in [5, 5.41) is 0. The summed E-state index contributed by atoms with van der Waals surface area (Å²) in [6.07, 6.45) is 0.659. The number of benzene rings is 1. The summed E-state index contributed by atoms with van der Waals surface area (Å²) < 4.78 is 13.8. The number of amides is 2. The van der Waals surface area contributed by atoms with Crippen molar-refractivity contribution < 1.29 is 14.0 Å². The fourth-order valence-electron chi connectivity index (χ4n) is 2.30. The van der Waals surface area contributed by atoms with E-state index in [2.05, 4.69) is 15.9 Å². The molecule has 1 aromatic carbocycles. The fourth-order valence-corrected chi connectivity index (χ4v) is 2.75. The maximum Gasteiger partial charge on any atom is 0.237 e. The van der Waals surface area contributed by atoms with E-state index in [1.54, 1.807) is 13.0 Å². The maximum atomic E-state index is 13.5. The standard InChI is InChI=1S/C12H9BrFNO2/c1-5-2-8(13)9(14)4-10(5)15-11(16)6-3-7(6)12(15)17/h2,4,6-7H,3H2,1H3. The second kappa shape index (κ2) is 3.38. The van der Waals surface area contributed by atoms with Gasteiger partial charge in [-0.2, -0.15) is 0 Å². The first-order valence-corrected chi connectivity index (χ1v) is 6.13. The van der Waals surface area contributed by atoms with Gasteiger partial charge in [0, 0.05) is 0 Å². The van der Waals surface area contributed by atoms with Crippen LogP contribution in [0.25, 0.3) is 0 Å². The van der Waals surface area contributed by atoms with Crippen LogP contribution in [-0.4, -0.2) is 11.8 Å². The quantitative estimate of drug-likeness (QED) is 0.747. The summed E-state index contributed by atoms with van der Waals surface area (Å²) in [6.45, 7) is 1.75. The Morgan fingerprint density at radius 2 is 1.88 bits per heavy atom. The van der Waals surface area contributed by atoms with E-state index in [0.29, 0.717) is 22.1 Å². The molecule has 5 heteroatoms. The monoisotopic (exact) mass is 297 g/mol. The zero-order valence-electron chi connectivity index (χ0n) is 9.04. The minimum absolute atomic E-state index is 0.159. The van der Waals surface area contributed by atoms with Gasteiger partial charge in [0.25, 0.3) is 0 Å². The highest BCUT2D eigenvalue weighted by atomic mass is 79.9. The molecule has 2 unspecified atom stereocenters. The second-order valence-corrected chi connectivity index (χ2v) is 5.37. The van der Waals surface area contributed by atoms with Crippen LogP contribution < -0.4 is 4.90 Å². The number of carbonyl (C=O) groups excluding carboxylic acids is 2. The molecule has 2 aliphatic rings. The molecule has 0 aromatic heterocycles. The molecule has 1 aromatic rings. The molecule has 2 fully saturated rings. The van der Waals surface area contributed by atoms with Crippen LogP contribution in [0.4, 0.5) is 10.1 Å². The molecule has 2 atom stereocenters. The fraction of sp³-hybridized carbons (Fsp3) is 0.333. The van der Waals surface area contributed by atoms with Crippen molar-refractivity contribution in [2.75, 3.05) is 4.90 Å². The predicted octanol–water partition coefficient (Wildman–Crippen LogP) is 2.41. The highest BCUT2D eigenvalue weighted by molar-refractivity contribution is 9.10. The van der Waals surface area contributed by atoms with Crippen LogP contribution in [0.3, 0.4) is 0 Å². The average molecular weight is 298 g/mol. The summed E-state index contributed by atoms with van der Waals surface area (Å²) >= 11 is 3.08. The van der Waals surface area contributed by atoms with Gasteiger partial charge in [0.2, 0.25) is 11.8 Å². The number of fused-ring (bicyclic) bond motifs is 1. The van der Waals surface area contributed by atoms with Crippen molar-refractivity contribution in [3.05, 3.63) is 28.0 Å². The first kappa shape index (κ1) is 10.9. The molecule has 0 radical (unpaired) electrons. The summed E-state index contributed by atoms with van der Waals surface area (Å²) in [4.78, 5) is 24.9. The lowest BCUT2D eigenvalue weighted by atomic mass is 10.1. The third-order valence-electron chi connectivity index (χ3n) is 3.35. The smallest absolute Gasteiger partial charge is 0.237 e. The van der Waals surface area contributed by atoms with Crippen molar-refractivity contribution in [1.29, 1.82) is 0 Å². The van der Waals surface area contributed by atoms with Gasteiger partial charge in [-0.3, -0.25) is 9.59 Å². The molecule has 1 heterocycles. The molecule has 0 spiro atoms. The summed E-state index contributed by atoms with van der Waals surface area (Å²) in [6, 6.07) is 2.81. The molecule has 3 nitrogen and oxygen atoms in total. The third-order valence-corrected chi connectivity index (χ3v) is 3.95. The first-order chi connectivity index (χ1) is 8.00. The molecule has 3 rings (SSSR count). The summed E-state index contributed by atoms with van der Waals surface area (Å²) in [7, 11) is 0. The number of rotatable bonds is 1. The molecule has 1 saturated carbocycles. The van der Waals surface area contributed by atoms with Gasteiger partial charge in [-0.15, -0.1) is 0 Å². The van der Waals surface area contributed by atoms with E-state index in [0.717, 1.165) is 4.90 Å². The van der Waals surface area contributed by atoms with Gasteiger partial charge in [-0.05, 0) is 47.0 Å². The van der Waals surface area contributed by atoms with Gasteiger partial charge in [0.15, 0.2) is 0 Å². The lowest BCUT2D eigenvalue weighted by Gasteiger charge is -2.19. The molecule has 88 valence electrons. The van der Waals surface area contributed by atoms with E-state index < -0.39 is 5.82 Å². The zero-order valence-corrected chi connectivity index (χ0v) is 10.6. The van der Waals surface area contributed by atoms with Crippen LogP contribution in [-0.2, 0) is 9.59 Å². The Labute approximate surface area is 106 Å². The van der Waals surface area contributed by atoms with Gasteiger partial charge in [0.1, 0.15) is 5.82 Å². The number of carbonyl (C=O) groups is 2. The number of aryl methyl sites for hydroxylation is 1. The van der Waals surface area contributed by atoms with Crippen LogP contribution in [0, 0.1) is 24.6 Å². The van der Waals surface area contributed by atoms with Crippen LogP contribution in [0.1, 0.15) is 12.0 Å². The summed E-state index contributed by atoms with van der Waals surface area (Å²) in [5.41, 5.74) is 1.08. The number of hydrogen-bond acceptors (Lipinski definition) is 2. The van der Waals surface area contributed by atoms with E-state index in [1.165, 1.54) is 6.07 Å². The van der Waals surface area contributed by atoms with E-state index in [9.17, 15) is 14.0 Å². The average Bonchev–Trinajstić information content (AvgIpc) is 3.00. The molecule has 1 saturated heterocycles. The number of imide groups is 1. The Hall–Kier alpha value is -1.23. The van der Waals surface area contributed by atoms with Crippen molar-refractivity contribution in [2.24, 2.45) is 11.8 Å². The number of anilines is 1. The predicted molar refractivity (Wildman–Crippen MR) is 62.9 cm³/mol. The normalized spacial score (nSPS) is 26.4. The molecular weight excluding hydrogens is 289 g/mol. The molecule has 0 N–H and O–H groups in total. The Balaban J connectivity index is 2.08. The van der Waals surface area contributed by atoms with E-state index in [1.807, 2.05) is 0 Å². The summed E-state index contributed by atoms with van der Waals surface area (Å²) in [5.74, 6) is -1.16. The maximum absolute atomic E-state index is 13.5. The molecule has 17 heavy (non-hydrogen) atoms. The Bertz CT molecular complexity index is 538. The topological polar surface area (TPSA) is 37.4 Å². The number of piperidine rings is 1. The van der Waals surface area contributed by atoms with Gasteiger partial charge >= 0.3 is 0 Å². The van der Waals surface area contributed by atoms with E-state index >= 15 is 0 Å². The van der Waals surface area contributed by atoms with Crippen molar-refractivity contribution in [2.45, 2.75) is 13.3 Å². The van der Waals surface area contributed by atoms with Crippen LogP contribution in [0.2, 0.25) is 0 Å². The van der Waals surface area contributed by atoms with Crippen molar-refractivity contribution in [3.63, 3.8) is 0 Å². The minimum Gasteiger partial charge on any atom is -0.274 e.